The summed E-state index contributed by atoms with van der Waals surface area (Å²) in [5.74, 6) is 1.06. The number of nitrogens with zero attached hydrogens (tertiary/aromatic N) is 1. The molecule has 1 aromatic rings. The van der Waals surface area contributed by atoms with Crippen molar-refractivity contribution < 1.29 is 9.47 Å². The van der Waals surface area contributed by atoms with Crippen LogP contribution in [-0.4, -0.2) is 43.9 Å². The van der Waals surface area contributed by atoms with Gasteiger partial charge in [-0.3, -0.25) is 4.90 Å². The highest BCUT2D eigenvalue weighted by Gasteiger charge is 2.27. The minimum atomic E-state index is 0. The van der Waals surface area contributed by atoms with Crippen LogP contribution in [-0.2, 0) is 17.7 Å². The lowest BCUT2D eigenvalue weighted by Gasteiger charge is -2.38. The molecule has 4 nitrogen and oxygen atoms in total. The molecule has 0 amide bonds. The fourth-order valence-electron chi connectivity index (χ4n) is 3.30. The van der Waals surface area contributed by atoms with E-state index in [9.17, 15) is 0 Å². The summed E-state index contributed by atoms with van der Waals surface area (Å²) in [6.07, 6.45) is 3.55. The molecule has 2 atom stereocenters. The van der Waals surface area contributed by atoms with E-state index in [1.165, 1.54) is 11.1 Å². The predicted octanol–water partition coefficient (Wildman–Crippen LogP) is 1.98. The van der Waals surface area contributed by atoms with Gasteiger partial charge in [-0.25, -0.2) is 0 Å². The zero-order valence-electron chi connectivity index (χ0n) is 12.6. The van der Waals surface area contributed by atoms with Gasteiger partial charge in [-0.1, -0.05) is 12.1 Å². The zero-order valence-corrected chi connectivity index (χ0v) is 13.4. The number of nitrogens with two attached hydrogens (primary N) is 1. The molecule has 1 fully saturated rings. The molecule has 0 bridgehead atoms. The van der Waals surface area contributed by atoms with Gasteiger partial charge in [0.2, 0.25) is 0 Å². The van der Waals surface area contributed by atoms with Gasteiger partial charge in [0, 0.05) is 39.2 Å². The van der Waals surface area contributed by atoms with Gasteiger partial charge in [0.1, 0.15) is 5.75 Å². The van der Waals surface area contributed by atoms with Gasteiger partial charge in [0.25, 0.3) is 0 Å². The number of ether oxygens (including phenoxy) is 2. The standard InChI is InChI=1S/C16H24N2O2.ClH/c1-19-15-4-6-18(14(9-15)10-17)11-12-2-3-16-13(8-12)5-7-20-16;/h2-3,8,14-15H,4-7,9-11,17H2,1H3;1H. The summed E-state index contributed by atoms with van der Waals surface area (Å²) >= 11 is 0. The lowest BCUT2D eigenvalue weighted by Crippen LogP contribution is -2.47. The number of fused-ring (bicyclic) bond motifs is 1. The Hall–Kier alpha value is -0.810. The van der Waals surface area contributed by atoms with Crippen LogP contribution in [0.5, 0.6) is 5.75 Å². The lowest BCUT2D eigenvalue weighted by atomic mass is 9.98. The minimum absolute atomic E-state index is 0. The predicted molar refractivity (Wildman–Crippen MR) is 86.2 cm³/mol. The van der Waals surface area contributed by atoms with Gasteiger partial charge in [-0.2, -0.15) is 0 Å². The van der Waals surface area contributed by atoms with Crippen molar-refractivity contribution in [2.45, 2.75) is 38.0 Å². The molecule has 2 aliphatic rings. The SMILES string of the molecule is COC1CCN(Cc2ccc3c(c2)CCO3)C(CN)C1.Cl. The summed E-state index contributed by atoms with van der Waals surface area (Å²) < 4.78 is 11.0. The summed E-state index contributed by atoms with van der Waals surface area (Å²) in [6.45, 7) is 3.57. The van der Waals surface area contributed by atoms with E-state index in [-0.39, 0.29) is 12.4 Å². The van der Waals surface area contributed by atoms with E-state index in [2.05, 4.69) is 23.1 Å². The number of hydrogen-bond donors (Lipinski definition) is 1. The highest BCUT2D eigenvalue weighted by Crippen LogP contribution is 2.27. The Bertz CT molecular complexity index is 470. The Morgan fingerprint density at radius 2 is 2.29 bits per heavy atom. The van der Waals surface area contributed by atoms with Crippen LogP contribution in [0.1, 0.15) is 24.0 Å². The summed E-state index contributed by atoms with van der Waals surface area (Å²) in [7, 11) is 1.80. The van der Waals surface area contributed by atoms with E-state index in [0.29, 0.717) is 18.7 Å². The number of methoxy groups -OCH3 is 1. The topological polar surface area (TPSA) is 47.7 Å². The Morgan fingerprint density at radius 1 is 1.43 bits per heavy atom. The fourth-order valence-corrected chi connectivity index (χ4v) is 3.30. The molecule has 0 aliphatic carbocycles. The average Bonchev–Trinajstić information content (AvgIpc) is 2.95. The minimum Gasteiger partial charge on any atom is -0.493 e. The van der Waals surface area contributed by atoms with Crippen LogP contribution in [0.2, 0.25) is 0 Å². The maximum Gasteiger partial charge on any atom is 0.122 e. The molecule has 1 aromatic carbocycles. The molecule has 5 heteroatoms. The van der Waals surface area contributed by atoms with Crippen molar-refractivity contribution in [1.29, 1.82) is 0 Å². The van der Waals surface area contributed by atoms with Crippen molar-refractivity contribution in [3.05, 3.63) is 29.3 Å². The molecule has 118 valence electrons. The van der Waals surface area contributed by atoms with Gasteiger partial charge in [0.15, 0.2) is 0 Å². The molecular formula is C16H25ClN2O2. The summed E-state index contributed by atoms with van der Waals surface area (Å²) in [6, 6.07) is 7.01. The molecule has 2 heterocycles. The van der Waals surface area contributed by atoms with Crippen molar-refractivity contribution in [2.24, 2.45) is 5.73 Å². The van der Waals surface area contributed by atoms with Crippen molar-refractivity contribution in [2.75, 3.05) is 26.8 Å². The maximum absolute atomic E-state index is 5.94. The van der Waals surface area contributed by atoms with Gasteiger partial charge in [-0.15, -0.1) is 12.4 Å². The van der Waals surface area contributed by atoms with Crippen molar-refractivity contribution in [3.63, 3.8) is 0 Å². The summed E-state index contributed by atoms with van der Waals surface area (Å²) in [4.78, 5) is 2.49. The molecule has 0 aromatic heterocycles. The van der Waals surface area contributed by atoms with Crippen molar-refractivity contribution >= 4 is 12.4 Å². The van der Waals surface area contributed by atoms with Crippen LogP contribution in [0, 0.1) is 0 Å². The summed E-state index contributed by atoms with van der Waals surface area (Å²) in [5.41, 5.74) is 8.65. The number of piperidine rings is 1. The molecular weight excluding hydrogens is 288 g/mol. The average molecular weight is 313 g/mol. The number of rotatable bonds is 4. The third kappa shape index (κ3) is 3.69. The first kappa shape index (κ1) is 16.6. The van der Waals surface area contributed by atoms with Crippen LogP contribution in [0.4, 0.5) is 0 Å². The lowest BCUT2D eigenvalue weighted by molar-refractivity contribution is 0.0102. The van der Waals surface area contributed by atoms with Crippen molar-refractivity contribution in [3.8, 4) is 5.75 Å². The molecule has 2 aliphatic heterocycles. The van der Waals surface area contributed by atoms with Gasteiger partial charge in [-0.05, 0) is 30.0 Å². The Balaban J connectivity index is 0.00000161. The normalized spacial score (nSPS) is 25.0. The number of halogens is 1. The molecule has 3 rings (SSSR count). The largest absolute Gasteiger partial charge is 0.493 e. The van der Waals surface area contributed by atoms with Crippen molar-refractivity contribution in [1.82, 2.24) is 4.90 Å². The molecule has 0 saturated carbocycles. The first-order valence-corrected chi connectivity index (χ1v) is 7.51. The number of likely N-dealkylation sites (tertiary alicyclic amines) is 1. The van der Waals surface area contributed by atoms with Gasteiger partial charge < -0.3 is 15.2 Å². The fraction of sp³-hybridized carbons (Fsp3) is 0.625. The molecule has 2 unspecified atom stereocenters. The molecule has 21 heavy (non-hydrogen) atoms. The number of hydrogen-bond acceptors (Lipinski definition) is 4. The van der Waals surface area contributed by atoms with E-state index in [0.717, 1.165) is 44.7 Å². The molecule has 0 radical (unpaired) electrons. The monoisotopic (exact) mass is 312 g/mol. The van der Waals surface area contributed by atoms with E-state index in [1.807, 2.05) is 0 Å². The number of benzene rings is 1. The van der Waals surface area contributed by atoms with E-state index in [1.54, 1.807) is 7.11 Å². The van der Waals surface area contributed by atoms with Crippen LogP contribution in [0.25, 0.3) is 0 Å². The Morgan fingerprint density at radius 3 is 3.05 bits per heavy atom. The second kappa shape index (κ2) is 7.45. The van der Waals surface area contributed by atoms with Crippen LogP contribution >= 0.6 is 12.4 Å². The second-order valence-corrected chi connectivity index (χ2v) is 5.78. The first-order chi connectivity index (χ1) is 9.80. The van der Waals surface area contributed by atoms with Gasteiger partial charge in [0.05, 0.1) is 12.7 Å². The highest BCUT2D eigenvalue weighted by atomic mass is 35.5. The maximum atomic E-state index is 5.94. The molecule has 1 saturated heterocycles. The highest BCUT2D eigenvalue weighted by molar-refractivity contribution is 5.85. The Labute approximate surface area is 133 Å². The summed E-state index contributed by atoms with van der Waals surface area (Å²) in [5, 5.41) is 0. The van der Waals surface area contributed by atoms with Crippen LogP contribution in [0.3, 0.4) is 0 Å². The third-order valence-electron chi connectivity index (χ3n) is 4.53. The third-order valence-corrected chi connectivity index (χ3v) is 4.53. The second-order valence-electron chi connectivity index (χ2n) is 5.78. The first-order valence-electron chi connectivity index (χ1n) is 7.51. The zero-order chi connectivity index (χ0) is 13.9. The smallest absolute Gasteiger partial charge is 0.122 e. The Kier molecular flexibility index (Phi) is 5.88. The quantitative estimate of drug-likeness (QED) is 0.923. The van der Waals surface area contributed by atoms with Gasteiger partial charge >= 0.3 is 0 Å². The van der Waals surface area contributed by atoms with E-state index in [4.69, 9.17) is 15.2 Å². The molecule has 2 N–H and O–H groups in total. The van der Waals surface area contributed by atoms with Crippen LogP contribution in [0.15, 0.2) is 18.2 Å². The van der Waals surface area contributed by atoms with E-state index < -0.39 is 0 Å². The molecule has 0 spiro atoms. The van der Waals surface area contributed by atoms with Crippen LogP contribution < -0.4 is 10.5 Å². The van der Waals surface area contributed by atoms with E-state index >= 15 is 0 Å².